The molecule has 2 aliphatic rings. The molecule has 16 heteroatoms. The summed E-state index contributed by atoms with van der Waals surface area (Å²) in [6.07, 6.45) is -2.53. The first-order valence-corrected chi connectivity index (χ1v) is 9.70. The predicted octanol–water partition coefficient (Wildman–Crippen LogP) is -2.01. The highest BCUT2D eigenvalue weighted by atomic mass is 32.1. The second-order valence-corrected chi connectivity index (χ2v) is 7.28. The first-order chi connectivity index (χ1) is 15.1. The number of methoxy groups -OCH3 is 1. The summed E-state index contributed by atoms with van der Waals surface area (Å²) in [4.78, 5) is 75.2. The third kappa shape index (κ3) is 3.92. The molecule has 3 rings (SSSR count). The number of nitrogen functional groups attached to an aromatic ring is 1. The number of amides is 2. The van der Waals surface area contributed by atoms with Crippen molar-refractivity contribution >= 4 is 51.9 Å². The fourth-order valence-electron chi connectivity index (χ4n) is 3.02. The van der Waals surface area contributed by atoms with E-state index < -0.39 is 54.0 Å². The van der Waals surface area contributed by atoms with E-state index in [0.29, 0.717) is 0 Å². The fraction of sp³-hybridized carbons (Fsp3) is 0.438. The molecule has 1 aromatic rings. The van der Waals surface area contributed by atoms with E-state index in [2.05, 4.69) is 25.0 Å². The zero-order valence-electron chi connectivity index (χ0n) is 16.6. The van der Waals surface area contributed by atoms with Gasteiger partial charge in [0.1, 0.15) is 12.8 Å². The third-order valence-electron chi connectivity index (χ3n) is 4.48. The lowest BCUT2D eigenvalue weighted by Crippen LogP contribution is -2.57. The van der Waals surface area contributed by atoms with Crippen LogP contribution >= 0.6 is 11.3 Å². The number of oxime groups is 1. The van der Waals surface area contributed by atoms with Crippen LogP contribution in [0.5, 0.6) is 0 Å². The van der Waals surface area contributed by atoms with E-state index in [4.69, 9.17) is 15.3 Å². The van der Waals surface area contributed by atoms with Crippen LogP contribution in [0.1, 0.15) is 18.5 Å². The van der Waals surface area contributed by atoms with E-state index in [9.17, 15) is 29.1 Å². The van der Waals surface area contributed by atoms with E-state index >= 15 is 0 Å². The van der Waals surface area contributed by atoms with Crippen molar-refractivity contribution in [3.63, 3.8) is 0 Å². The number of hydrogen-bond donors (Lipinski definition) is 3. The summed E-state index contributed by atoms with van der Waals surface area (Å²) >= 11 is 1.01. The lowest BCUT2D eigenvalue weighted by atomic mass is 10.1. The Kier molecular flexibility index (Phi) is 6.26. The Hall–Kier alpha value is -3.79. The quantitative estimate of drug-likeness (QED) is 0.224. The largest absolute Gasteiger partial charge is 0.477 e. The van der Waals surface area contributed by atoms with Crippen molar-refractivity contribution in [2.75, 3.05) is 20.0 Å². The molecule has 2 saturated heterocycles. The van der Waals surface area contributed by atoms with Crippen molar-refractivity contribution in [2.24, 2.45) is 5.16 Å². The fourth-order valence-corrected chi connectivity index (χ4v) is 3.57. The molecule has 1 unspecified atom stereocenters. The number of thiazole rings is 1. The van der Waals surface area contributed by atoms with Crippen molar-refractivity contribution in [3.8, 4) is 0 Å². The Labute approximate surface area is 183 Å². The zero-order chi connectivity index (χ0) is 23.6. The summed E-state index contributed by atoms with van der Waals surface area (Å²) in [7, 11) is 2.16. The number of carboxylic acid groups (broad SMARTS) is 1. The van der Waals surface area contributed by atoms with Crippen LogP contribution in [-0.2, 0) is 43.1 Å². The number of esters is 2. The van der Waals surface area contributed by atoms with Crippen molar-refractivity contribution in [3.05, 3.63) is 11.1 Å². The number of nitrogens with zero attached hydrogens (tertiary/aromatic N) is 3. The minimum Gasteiger partial charge on any atom is -0.477 e. The zero-order valence-corrected chi connectivity index (χ0v) is 17.4. The van der Waals surface area contributed by atoms with Gasteiger partial charge in [0.2, 0.25) is 6.10 Å². The van der Waals surface area contributed by atoms with Crippen LogP contribution in [0, 0.1) is 0 Å². The van der Waals surface area contributed by atoms with Crippen LogP contribution in [-0.4, -0.2) is 82.7 Å². The van der Waals surface area contributed by atoms with Gasteiger partial charge in [0.05, 0.1) is 13.5 Å². The van der Waals surface area contributed by atoms with Gasteiger partial charge in [-0.05, 0) is 0 Å². The summed E-state index contributed by atoms with van der Waals surface area (Å²) in [5, 5.41) is 17.2. The van der Waals surface area contributed by atoms with Gasteiger partial charge in [-0.3, -0.25) is 14.4 Å². The van der Waals surface area contributed by atoms with E-state index in [0.717, 1.165) is 25.6 Å². The van der Waals surface area contributed by atoms with Crippen molar-refractivity contribution < 1.29 is 48.2 Å². The lowest BCUT2D eigenvalue weighted by molar-refractivity contribution is -0.268. The first-order valence-electron chi connectivity index (χ1n) is 8.82. The molecular weight excluding hydrogens is 454 g/mol. The van der Waals surface area contributed by atoms with Gasteiger partial charge < -0.3 is 30.5 Å². The maximum absolute atomic E-state index is 13.0. The number of carbonyl (C=O) groups is 5. The molecule has 0 aromatic carbocycles. The lowest BCUT2D eigenvalue weighted by Gasteiger charge is -2.30. The molecule has 1 aromatic heterocycles. The Morgan fingerprint density at radius 3 is 2.62 bits per heavy atom. The maximum atomic E-state index is 13.0. The van der Waals surface area contributed by atoms with Gasteiger partial charge in [0.25, 0.3) is 11.8 Å². The number of rotatable bonds is 7. The molecule has 15 nitrogen and oxygen atoms in total. The van der Waals surface area contributed by atoms with E-state index in [1.54, 1.807) is 0 Å². The van der Waals surface area contributed by atoms with Crippen LogP contribution in [0.15, 0.2) is 10.5 Å². The molecule has 0 radical (unpaired) electrons. The molecule has 2 amide bonds. The predicted molar refractivity (Wildman–Crippen MR) is 101 cm³/mol. The van der Waals surface area contributed by atoms with Gasteiger partial charge >= 0.3 is 23.6 Å². The minimum atomic E-state index is -2.51. The second kappa shape index (κ2) is 8.75. The number of nitrogens with one attached hydrogen (secondary N) is 1. The van der Waals surface area contributed by atoms with E-state index in [-0.39, 0.29) is 28.0 Å². The number of aliphatic carboxylic acids is 1. The highest BCUT2D eigenvalue weighted by Gasteiger charge is 2.62. The van der Waals surface area contributed by atoms with Gasteiger partial charge in [0, 0.05) is 11.8 Å². The highest BCUT2D eigenvalue weighted by Crippen LogP contribution is 2.36. The average Bonchev–Trinajstić information content (AvgIpc) is 3.44. The van der Waals surface area contributed by atoms with Crippen molar-refractivity contribution in [1.29, 1.82) is 0 Å². The molecule has 3 heterocycles. The van der Waals surface area contributed by atoms with Crippen LogP contribution in [0.2, 0.25) is 0 Å². The molecular formula is C16H17N5O10S. The Morgan fingerprint density at radius 2 is 2.12 bits per heavy atom. The molecule has 3 atom stereocenters. The highest BCUT2D eigenvalue weighted by molar-refractivity contribution is 7.13. The number of hydrogen-bond acceptors (Lipinski definition) is 13. The summed E-state index contributed by atoms with van der Waals surface area (Å²) in [5.74, 6) is -5.87. The number of hydroxylamine groups is 2. The summed E-state index contributed by atoms with van der Waals surface area (Å²) in [6, 6.07) is -1.75. The molecule has 2 aliphatic heterocycles. The maximum Gasteiger partial charge on any atom is 0.372 e. The van der Waals surface area contributed by atoms with Gasteiger partial charge in [0.15, 0.2) is 16.9 Å². The normalized spacial score (nSPS) is 25.4. The van der Waals surface area contributed by atoms with Crippen LogP contribution < -0.4 is 11.1 Å². The smallest absolute Gasteiger partial charge is 0.372 e. The molecule has 4 N–H and O–H groups in total. The van der Waals surface area contributed by atoms with Crippen LogP contribution in [0.4, 0.5) is 5.13 Å². The van der Waals surface area contributed by atoms with Crippen molar-refractivity contribution in [2.45, 2.75) is 30.7 Å². The summed E-state index contributed by atoms with van der Waals surface area (Å²) in [5.41, 5.74) is 2.70. The number of carbonyl (C=O) groups excluding carboxylic acids is 4. The Balaban J connectivity index is 1.93. The number of carboxylic acids is 1. The third-order valence-corrected chi connectivity index (χ3v) is 5.16. The molecule has 0 spiro atoms. The summed E-state index contributed by atoms with van der Waals surface area (Å²) < 4.78 is 9.43. The second-order valence-electron chi connectivity index (χ2n) is 6.39. The number of cyclic esters (lactones) is 1. The number of aromatic nitrogens is 1. The molecule has 2 fully saturated rings. The summed E-state index contributed by atoms with van der Waals surface area (Å²) in [6.45, 7) is 0. The van der Waals surface area contributed by atoms with Crippen LogP contribution in [0.3, 0.4) is 0 Å². The topological polar surface area (TPSA) is 209 Å². The Morgan fingerprint density at radius 1 is 1.41 bits per heavy atom. The number of nitrogens with two attached hydrogens (primary N) is 1. The number of ether oxygens (including phenoxy) is 2. The Bertz CT molecular complexity index is 1010. The SMILES string of the molecule is CON=C(C(=O)N[C@@H]1C(=O)N(C2(C(=O)O)CCC(=O)O2)O[C@@H]1C(=O)OC)c1csc(N)n1. The van der Waals surface area contributed by atoms with Gasteiger partial charge in [-0.1, -0.05) is 5.16 Å². The van der Waals surface area contributed by atoms with Gasteiger partial charge in [-0.25, -0.2) is 19.4 Å². The molecule has 0 saturated carbocycles. The average molecular weight is 471 g/mol. The van der Waals surface area contributed by atoms with Gasteiger partial charge in [-0.15, -0.1) is 11.3 Å². The van der Waals surface area contributed by atoms with Crippen molar-refractivity contribution in [1.82, 2.24) is 15.4 Å². The van der Waals surface area contributed by atoms with Gasteiger partial charge in [-0.2, -0.15) is 5.06 Å². The minimum absolute atomic E-state index is 0.0245. The van der Waals surface area contributed by atoms with Crippen LogP contribution in [0.25, 0.3) is 0 Å². The molecule has 0 bridgehead atoms. The molecule has 172 valence electrons. The number of anilines is 1. The molecule has 32 heavy (non-hydrogen) atoms. The molecule has 0 aliphatic carbocycles. The van der Waals surface area contributed by atoms with E-state index in [1.807, 2.05) is 0 Å². The first kappa shape index (κ1) is 22.9. The standard InChI is InChI=1S/C16H17N5O10S/c1-28-13(25)10-9(19-11(23)8(20-29-2)6-5-32-15(17)18-6)12(24)21(31-10)16(14(26)27)4-3-7(22)30-16/h5,9-10H,3-4H2,1-2H3,(H2,17,18)(H,19,23)(H,26,27)/t9-,10-,16?/m0/s1. The van der Waals surface area contributed by atoms with E-state index in [1.165, 1.54) is 5.38 Å². The monoisotopic (exact) mass is 471 g/mol.